The maximum atomic E-state index is 9.37. The molecule has 0 aromatic heterocycles. The number of rotatable bonds is 3. The molecule has 0 saturated heterocycles. The van der Waals surface area contributed by atoms with Crippen molar-refractivity contribution >= 4 is 20.8 Å². The SMILES string of the molecule is O=S(=O)([O-])OOS(=O)(=O)[O-].O=[N+]([O-])[O-].[Ce].[NH4+].[NH4+]. The Morgan fingerprint density at radius 1 is 0.824 bits per heavy atom. The van der Waals surface area contributed by atoms with Crippen LogP contribution in [0.5, 0.6) is 0 Å². The van der Waals surface area contributed by atoms with Crippen molar-refractivity contribution < 1.29 is 81.4 Å². The summed E-state index contributed by atoms with van der Waals surface area (Å²) in [5.41, 5.74) is 0. The smallest absolute Gasteiger partial charge is 0.246 e. The maximum absolute atomic E-state index is 9.37. The zero-order valence-corrected chi connectivity index (χ0v) is 13.0. The molecule has 0 heterocycles. The van der Waals surface area contributed by atoms with Gasteiger partial charge in [0.25, 0.3) is 0 Å². The van der Waals surface area contributed by atoms with E-state index in [1.54, 1.807) is 0 Å². The Hall–Kier alpha value is 0.237. The Balaban J connectivity index is -0.0000000607. The van der Waals surface area contributed by atoms with Gasteiger partial charge in [-0.25, -0.2) is 16.8 Å². The molecule has 106 valence electrons. The largest absolute Gasteiger partial charge is 0.724 e. The van der Waals surface area contributed by atoms with Gasteiger partial charge in [-0.1, -0.05) is 0 Å². The molecule has 0 spiro atoms. The topological polar surface area (TPSA) is 272 Å². The third-order valence-corrected chi connectivity index (χ3v) is 0.750. The minimum atomic E-state index is -5.31. The van der Waals surface area contributed by atoms with Crippen LogP contribution in [0.2, 0.25) is 0 Å². The molecule has 0 aliphatic rings. The van der Waals surface area contributed by atoms with E-state index in [-0.39, 0.29) is 54.0 Å². The molecule has 17 heteroatoms. The van der Waals surface area contributed by atoms with Crippen molar-refractivity contribution in [2.45, 2.75) is 0 Å². The van der Waals surface area contributed by atoms with Gasteiger partial charge in [-0.3, -0.25) is 0 Å². The van der Waals surface area contributed by atoms with Gasteiger partial charge in [0.2, 0.25) is 20.8 Å². The molecule has 0 aromatic carbocycles. The van der Waals surface area contributed by atoms with Gasteiger partial charge in [0.15, 0.2) is 0 Å². The van der Waals surface area contributed by atoms with Gasteiger partial charge in [0.05, 0.1) is 5.09 Å². The molecule has 0 aliphatic heterocycles. The maximum Gasteiger partial charge on any atom is 0.246 e. The van der Waals surface area contributed by atoms with E-state index in [2.05, 4.69) is 8.67 Å². The quantitative estimate of drug-likeness (QED) is 0.168. The van der Waals surface area contributed by atoms with Crippen LogP contribution in [0, 0.1) is 57.1 Å². The molecular formula is H8CeN3O11S2-. The minimum absolute atomic E-state index is 0. The van der Waals surface area contributed by atoms with Crippen molar-refractivity contribution in [3.8, 4) is 0 Å². The molecule has 14 nitrogen and oxygen atoms in total. The molecular weight excluding hydrogens is 422 g/mol. The van der Waals surface area contributed by atoms with Crippen LogP contribution >= 0.6 is 0 Å². The van der Waals surface area contributed by atoms with Gasteiger partial charge in [0, 0.05) is 41.7 Å². The van der Waals surface area contributed by atoms with Gasteiger partial charge in [0.1, 0.15) is 0 Å². The first-order chi connectivity index (χ1) is 5.94. The third-order valence-electron chi connectivity index (χ3n) is 0.194. The second kappa shape index (κ2) is 12.7. The molecule has 0 atom stereocenters. The van der Waals surface area contributed by atoms with Gasteiger partial charge >= 0.3 is 0 Å². The number of hydrogen-bond acceptors (Lipinski definition) is 11. The van der Waals surface area contributed by atoms with Crippen LogP contribution < -0.4 is 12.3 Å². The molecule has 0 fully saturated rings. The molecule has 0 rings (SSSR count). The Morgan fingerprint density at radius 3 is 1.00 bits per heavy atom. The van der Waals surface area contributed by atoms with Gasteiger partial charge in [-0.05, 0) is 0 Å². The van der Waals surface area contributed by atoms with Crippen LogP contribution in [0.4, 0.5) is 0 Å². The number of nitrogens with zero attached hydrogens (tertiary/aromatic N) is 1. The summed E-state index contributed by atoms with van der Waals surface area (Å²) in [6.45, 7) is 0. The summed E-state index contributed by atoms with van der Waals surface area (Å²) >= 11 is 0. The third kappa shape index (κ3) is 62.8. The molecule has 8 N–H and O–H groups in total. The van der Waals surface area contributed by atoms with Crippen molar-refractivity contribution in [3.63, 3.8) is 0 Å². The Bertz CT molecular complexity index is 332. The van der Waals surface area contributed by atoms with E-state index in [1.807, 2.05) is 0 Å². The first-order valence-corrected chi connectivity index (χ1v) is 4.71. The van der Waals surface area contributed by atoms with E-state index >= 15 is 0 Å². The summed E-state index contributed by atoms with van der Waals surface area (Å²) in [5, 5.41) is 14.8. The second-order valence-electron chi connectivity index (χ2n) is 1.18. The van der Waals surface area contributed by atoms with Crippen LogP contribution in [0.15, 0.2) is 0 Å². The predicted molar refractivity (Wildman–Crippen MR) is 43.9 cm³/mol. The van der Waals surface area contributed by atoms with Crippen molar-refractivity contribution in [2.75, 3.05) is 0 Å². The molecule has 0 unspecified atom stereocenters. The molecule has 0 amide bonds. The Labute approximate surface area is 129 Å². The van der Waals surface area contributed by atoms with E-state index < -0.39 is 25.9 Å². The van der Waals surface area contributed by atoms with E-state index in [9.17, 15) is 25.9 Å². The van der Waals surface area contributed by atoms with Crippen LogP contribution in [0.25, 0.3) is 0 Å². The summed E-state index contributed by atoms with van der Waals surface area (Å²) in [6, 6.07) is 0. The van der Waals surface area contributed by atoms with E-state index in [4.69, 9.17) is 15.3 Å². The fraction of sp³-hybridized carbons (Fsp3) is 0. The summed E-state index contributed by atoms with van der Waals surface area (Å²) in [7, 11) is -10.6. The van der Waals surface area contributed by atoms with Crippen molar-refractivity contribution in [3.05, 3.63) is 15.3 Å². The standard InChI is InChI=1S/Ce.NO3.2H3N.H2O8S2/c;2-1(3)4;;;1-9(2,3)7-8-10(4,5)6/h;;2*1H3;(H,1,2,3)(H,4,5,6)/q;-1;;;. The number of quaternary nitrogens is 2. The van der Waals surface area contributed by atoms with E-state index in [0.29, 0.717) is 0 Å². The van der Waals surface area contributed by atoms with Crippen LogP contribution in [-0.4, -0.2) is 31.0 Å². The predicted octanol–water partition coefficient (Wildman–Crippen LogP) is -1.63. The molecule has 0 radical (unpaired) electrons. The molecule has 17 heavy (non-hydrogen) atoms. The Kier molecular flexibility index (Phi) is 22.6. The monoisotopic (exact) mass is 430 g/mol. The summed E-state index contributed by atoms with van der Waals surface area (Å²) in [5.74, 6) is 0. The molecule has 0 saturated carbocycles. The normalized spacial score (nSPS) is 9.29. The zero-order chi connectivity index (χ0) is 12.0. The first kappa shape index (κ1) is 30.3. The van der Waals surface area contributed by atoms with E-state index in [1.165, 1.54) is 0 Å². The molecule has 0 aliphatic carbocycles. The van der Waals surface area contributed by atoms with Crippen molar-refractivity contribution in [2.24, 2.45) is 0 Å². The first-order valence-electron chi connectivity index (χ1n) is 2.05. The Morgan fingerprint density at radius 2 is 0.941 bits per heavy atom. The van der Waals surface area contributed by atoms with Crippen LogP contribution in [0.3, 0.4) is 0 Å². The second-order valence-corrected chi connectivity index (χ2v) is 3.08. The van der Waals surface area contributed by atoms with Crippen LogP contribution in [0.1, 0.15) is 0 Å². The fourth-order valence-corrected chi connectivity index (χ4v) is 0.612. The van der Waals surface area contributed by atoms with Gasteiger partial charge in [-0.15, -0.1) is 8.67 Å². The zero-order valence-electron chi connectivity index (χ0n) is 8.25. The van der Waals surface area contributed by atoms with Crippen LogP contribution in [-0.2, 0) is 29.5 Å². The van der Waals surface area contributed by atoms with Crippen molar-refractivity contribution in [1.82, 2.24) is 12.3 Å². The average molecular weight is 430 g/mol. The van der Waals surface area contributed by atoms with Crippen molar-refractivity contribution in [1.29, 1.82) is 0 Å². The van der Waals surface area contributed by atoms with E-state index in [0.717, 1.165) is 0 Å². The minimum Gasteiger partial charge on any atom is -0.724 e. The van der Waals surface area contributed by atoms with Gasteiger partial charge in [-0.2, -0.15) is 0 Å². The molecule has 0 bridgehead atoms. The summed E-state index contributed by atoms with van der Waals surface area (Å²) in [4.78, 5) is 8.25. The fourth-order valence-electron chi connectivity index (χ4n) is 0.0680. The average Bonchev–Trinajstić information content (AvgIpc) is 1.79. The van der Waals surface area contributed by atoms with Gasteiger partial charge < -0.3 is 36.7 Å². The summed E-state index contributed by atoms with van der Waals surface area (Å²) in [6.07, 6.45) is 0. The molecule has 0 aromatic rings. The summed E-state index contributed by atoms with van der Waals surface area (Å²) < 4.78 is 61.5. The number of hydrogen-bond donors (Lipinski definition) is 2.